The second-order valence-corrected chi connectivity index (χ2v) is 11.3. The second-order valence-electron chi connectivity index (χ2n) is 10.9. The molecule has 1 N–H and O–H groups in total. The Morgan fingerprint density at radius 1 is 1.00 bits per heavy atom. The highest BCUT2D eigenvalue weighted by Crippen LogP contribution is 2.45. The van der Waals surface area contributed by atoms with Crippen LogP contribution in [-0.4, -0.2) is 49.0 Å². The van der Waals surface area contributed by atoms with Crippen molar-refractivity contribution < 1.29 is 4.74 Å². The van der Waals surface area contributed by atoms with Crippen molar-refractivity contribution in [3.8, 4) is 0 Å². The zero-order valence-electron chi connectivity index (χ0n) is 22.5. The van der Waals surface area contributed by atoms with Crippen LogP contribution in [0.5, 0.6) is 0 Å². The smallest absolute Gasteiger partial charge is 0.174 e. The highest BCUT2D eigenvalue weighted by atomic mass is 32.1. The molecule has 2 saturated heterocycles. The number of fused-ring (bicyclic) bond motifs is 1. The van der Waals surface area contributed by atoms with Crippen molar-refractivity contribution in [3.63, 3.8) is 0 Å². The summed E-state index contributed by atoms with van der Waals surface area (Å²) < 4.78 is 5.53. The molecule has 0 saturated carbocycles. The predicted molar refractivity (Wildman–Crippen MR) is 160 cm³/mol. The molecule has 6 nitrogen and oxygen atoms in total. The summed E-state index contributed by atoms with van der Waals surface area (Å²) in [5, 5.41) is 4.32. The molecule has 3 aliphatic heterocycles. The third-order valence-corrected chi connectivity index (χ3v) is 8.50. The van der Waals surface area contributed by atoms with E-state index in [1.807, 2.05) is 18.3 Å². The molecule has 3 aromatic rings. The molecule has 0 amide bonds. The van der Waals surface area contributed by atoms with Crippen LogP contribution in [0.25, 0.3) is 5.57 Å². The fraction of sp³-hybridized carbons (Fsp3) is 0.355. The number of morpholine rings is 1. The van der Waals surface area contributed by atoms with E-state index in [-0.39, 0.29) is 17.6 Å². The van der Waals surface area contributed by atoms with E-state index in [1.54, 1.807) is 0 Å². The maximum absolute atomic E-state index is 5.97. The van der Waals surface area contributed by atoms with Crippen molar-refractivity contribution in [3.05, 3.63) is 89.8 Å². The van der Waals surface area contributed by atoms with Crippen LogP contribution in [0.4, 0.5) is 17.1 Å². The second kappa shape index (κ2) is 9.71. The number of rotatable bonds is 4. The topological polar surface area (TPSA) is 43.9 Å². The predicted octanol–water partition coefficient (Wildman–Crippen LogP) is 5.73. The molecule has 0 spiro atoms. The molecule has 0 aliphatic carbocycles. The van der Waals surface area contributed by atoms with E-state index in [0.29, 0.717) is 5.11 Å². The number of nitrogens with zero attached hydrogens (tertiary/aromatic N) is 4. The zero-order chi connectivity index (χ0) is 26.4. The summed E-state index contributed by atoms with van der Waals surface area (Å²) >= 11 is 5.97. The minimum Gasteiger partial charge on any atom is -0.378 e. The number of anilines is 3. The fourth-order valence-electron chi connectivity index (χ4n) is 5.98. The summed E-state index contributed by atoms with van der Waals surface area (Å²) in [4.78, 5) is 11.7. The summed E-state index contributed by atoms with van der Waals surface area (Å²) in [7, 11) is 2.17. The van der Waals surface area contributed by atoms with Gasteiger partial charge in [0.05, 0.1) is 36.5 Å². The lowest BCUT2D eigenvalue weighted by Crippen LogP contribution is -2.42. The van der Waals surface area contributed by atoms with Crippen molar-refractivity contribution in [2.45, 2.75) is 38.4 Å². The minimum atomic E-state index is -0.0669. The Morgan fingerprint density at radius 2 is 1.74 bits per heavy atom. The number of pyridine rings is 1. The van der Waals surface area contributed by atoms with Gasteiger partial charge in [-0.3, -0.25) is 4.98 Å². The van der Waals surface area contributed by atoms with Crippen LogP contribution in [0, 0.1) is 0 Å². The Bertz CT molecular complexity index is 1360. The summed E-state index contributed by atoms with van der Waals surface area (Å²) in [6.07, 6.45) is 4.21. The van der Waals surface area contributed by atoms with Gasteiger partial charge in [-0.15, -0.1) is 0 Å². The Balaban J connectivity index is 1.42. The summed E-state index contributed by atoms with van der Waals surface area (Å²) in [6, 6.07) is 21.6. The maximum atomic E-state index is 5.97. The molecule has 1 aromatic heterocycles. The molecular weight excluding hydrogens is 490 g/mol. The van der Waals surface area contributed by atoms with Crippen LogP contribution in [0.15, 0.2) is 72.9 Å². The van der Waals surface area contributed by atoms with Crippen LogP contribution in [0.3, 0.4) is 0 Å². The molecule has 0 radical (unpaired) electrons. The van der Waals surface area contributed by atoms with E-state index < -0.39 is 0 Å². The van der Waals surface area contributed by atoms with Crippen LogP contribution in [0.1, 0.15) is 49.7 Å². The van der Waals surface area contributed by atoms with Gasteiger partial charge in [0.1, 0.15) is 0 Å². The van der Waals surface area contributed by atoms with Gasteiger partial charge in [0.25, 0.3) is 0 Å². The molecule has 6 rings (SSSR count). The van der Waals surface area contributed by atoms with Gasteiger partial charge in [-0.1, -0.05) is 18.2 Å². The van der Waals surface area contributed by atoms with Crippen LogP contribution in [-0.2, 0) is 4.74 Å². The van der Waals surface area contributed by atoms with E-state index in [1.165, 1.54) is 28.1 Å². The van der Waals surface area contributed by atoms with E-state index in [2.05, 4.69) is 102 Å². The van der Waals surface area contributed by atoms with Gasteiger partial charge in [0.2, 0.25) is 0 Å². The first-order valence-electron chi connectivity index (χ1n) is 13.3. The van der Waals surface area contributed by atoms with E-state index in [4.69, 9.17) is 21.9 Å². The SMILES string of the molecule is CC1=CC(C)(C)N(C)c2ccc([C@@H]3[C@H](c4ccccn4)NC(=S)N3c3ccc(N4CCOCC4)cc3)cc21. The van der Waals surface area contributed by atoms with Crippen molar-refractivity contribution in [2.24, 2.45) is 0 Å². The molecule has 4 heterocycles. The molecule has 38 heavy (non-hydrogen) atoms. The highest BCUT2D eigenvalue weighted by Gasteiger charge is 2.41. The Labute approximate surface area is 230 Å². The van der Waals surface area contributed by atoms with Crippen LogP contribution >= 0.6 is 12.2 Å². The molecule has 196 valence electrons. The van der Waals surface area contributed by atoms with Gasteiger partial charge >= 0.3 is 0 Å². The van der Waals surface area contributed by atoms with E-state index >= 15 is 0 Å². The first-order chi connectivity index (χ1) is 18.3. The van der Waals surface area contributed by atoms with Crippen molar-refractivity contribution >= 4 is 40.0 Å². The molecule has 2 aromatic carbocycles. The first kappa shape index (κ1) is 24.9. The monoisotopic (exact) mass is 525 g/mol. The standard InChI is InChI=1S/C31H35N5OS/c1-21-20-31(2,3)34(4)27-13-8-22(19-25(21)27)29-28(26-7-5-6-14-32-26)33-30(38)36(29)24-11-9-23(10-12-24)35-15-17-37-18-16-35/h5-14,19-20,28-29H,15-18H2,1-4H3,(H,33,38)/t28-,29+/m0/s1. The van der Waals surface area contributed by atoms with Gasteiger partial charge < -0.3 is 24.8 Å². The van der Waals surface area contributed by atoms with Crippen LogP contribution < -0.4 is 20.0 Å². The van der Waals surface area contributed by atoms with E-state index in [0.717, 1.165) is 37.7 Å². The number of nitrogens with one attached hydrogen (secondary N) is 1. The van der Waals surface area contributed by atoms with Gasteiger partial charge in [-0.2, -0.15) is 0 Å². The van der Waals surface area contributed by atoms with Crippen molar-refractivity contribution in [1.29, 1.82) is 0 Å². The largest absolute Gasteiger partial charge is 0.378 e. The van der Waals surface area contributed by atoms with Crippen LogP contribution in [0.2, 0.25) is 0 Å². The number of hydrogen-bond acceptors (Lipinski definition) is 5. The Kier molecular flexibility index (Phi) is 6.36. The number of hydrogen-bond donors (Lipinski definition) is 1. The lowest BCUT2D eigenvalue weighted by atomic mass is 9.86. The molecule has 0 unspecified atom stereocenters. The highest BCUT2D eigenvalue weighted by molar-refractivity contribution is 7.80. The van der Waals surface area contributed by atoms with Gasteiger partial charge in [-0.05, 0) is 92.7 Å². The van der Waals surface area contributed by atoms with Crippen molar-refractivity contribution in [1.82, 2.24) is 10.3 Å². The average molecular weight is 526 g/mol. The maximum Gasteiger partial charge on any atom is 0.174 e. The summed E-state index contributed by atoms with van der Waals surface area (Å²) in [5.74, 6) is 0. The molecule has 7 heteroatoms. The third-order valence-electron chi connectivity index (χ3n) is 8.18. The first-order valence-corrected chi connectivity index (χ1v) is 13.8. The molecule has 2 atom stereocenters. The quantitative estimate of drug-likeness (QED) is 0.437. The molecule has 2 fully saturated rings. The van der Waals surface area contributed by atoms with Gasteiger partial charge in [0.15, 0.2) is 5.11 Å². The lowest BCUT2D eigenvalue weighted by Gasteiger charge is -2.41. The molecule has 0 bridgehead atoms. The molecule has 3 aliphatic rings. The average Bonchev–Trinajstić information content (AvgIpc) is 3.29. The number of likely N-dealkylation sites (N-methyl/N-ethyl adjacent to an activating group) is 1. The Hall–Kier alpha value is -3.42. The van der Waals surface area contributed by atoms with Crippen molar-refractivity contribution in [2.75, 3.05) is 48.1 Å². The Morgan fingerprint density at radius 3 is 2.45 bits per heavy atom. The van der Waals surface area contributed by atoms with E-state index in [9.17, 15) is 0 Å². The third kappa shape index (κ3) is 4.33. The number of benzene rings is 2. The number of aromatic nitrogens is 1. The summed E-state index contributed by atoms with van der Waals surface area (Å²) in [6.45, 7) is 10.1. The molecular formula is C31H35N5OS. The normalized spacial score (nSPS) is 22.7. The van der Waals surface area contributed by atoms with Gasteiger partial charge in [0, 0.05) is 49.0 Å². The fourth-order valence-corrected chi connectivity index (χ4v) is 6.32. The number of thiocarbonyl (C=S) groups is 1. The summed E-state index contributed by atoms with van der Waals surface area (Å²) in [5.41, 5.74) is 8.28. The number of ether oxygens (including phenoxy) is 1. The van der Waals surface area contributed by atoms with Gasteiger partial charge in [-0.25, -0.2) is 0 Å². The lowest BCUT2D eigenvalue weighted by molar-refractivity contribution is 0.122. The zero-order valence-corrected chi connectivity index (χ0v) is 23.3. The number of allylic oxidation sites excluding steroid dienone is 1. The minimum absolute atomic E-state index is 0.0279.